The predicted octanol–water partition coefficient (Wildman–Crippen LogP) is 0.733. The first-order chi connectivity index (χ1) is 4.41. The summed E-state index contributed by atoms with van der Waals surface area (Å²) in [5.41, 5.74) is 0. The van der Waals surface area contributed by atoms with Gasteiger partial charge in [-0.15, -0.1) is 9.24 Å². The van der Waals surface area contributed by atoms with Crippen molar-refractivity contribution in [2.45, 2.75) is 19.8 Å². The van der Waals surface area contributed by atoms with Crippen LogP contribution in [0.1, 0.15) is 19.8 Å². The monoisotopic (exact) mass is 188 g/mol. The molecule has 0 fully saturated rings. The fraction of sp³-hybridized carbons (Fsp3) is 1.00. The molecule has 0 aliphatic heterocycles. The minimum atomic E-state index is -4.64. The quantitative estimate of drug-likeness (QED) is 0.558. The van der Waals surface area contributed by atoms with Gasteiger partial charge in [-0.05, 0) is 6.16 Å². The van der Waals surface area contributed by atoms with Crippen molar-refractivity contribution >= 4 is 17.1 Å². The summed E-state index contributed by atoms with van der Waals surface area (Å²) < 4.78 is 8.88. The molecule has 0 aliphatic carbocycles. The van der Waals surface area contributed by atoms with Crippen molar-refractivity contribution in [3.05, 3.63) is 0 Å². The third-order valence-corrected chi connectivity index (χ3v) is 0.966. The van der Waals surface area contributed by atoms with Crippen LogP contribution in [0.15, 0.2) is 0 Å². The Morgan fingerprint density at radius 2 is 1.70 bits per heavy atom. The average Bonchev–Trinajstić information content (AvgIpc) is 1.63. The van der Waals surface area contributed by atoms with Crippen LogP contribution in [-0.4, -0.2) is 20.8 Å². The standard InChI is InChI=1S/C4H11P.H3O4P/c1-2-3-4-5;1-5(2,3)4/h2-5H2,1H3;(H3,1,2,3,4). The highest BCUT2D eigenvalue weighted by Gasteiger charge is 2.00. The van der Waals surface area contributed by atoms with Gasteiger partial charge in [-0.3, -0.25) is 0 Å². The lowest BCUT2D eigenvalue weighted by Gasteiger charge is -1.82. The van der Waals surface area contributed by atoms with Gasteiger partial charge in [-0.1, -0.05) is 19.8 Å². The van der Waals surface area contributed by atoms with Crippen LogP contribution in [-0.2, 0) is 4.57 Å². The lowest BCUT2D eigenvalue weighted by molar-refractivity contribution is 0.275. The number of hydrogen-bond donors (Lipinski definition) is 3. The van der Waals surface area contributed by atoms with Crippen molar-refractivity contribution in [1.82, 2.24) is 0 Å². The van der Waals surface area contributed by atoms with Gasteiger partial charge in [-0.2, -0.15) is 0 Å². The first kappa shape index (κ1) is 13.2. The van der Waals surface area contributed by atoms with Gasteiger partial charge in [-0.25, -0.2) is 4.57 Å². The van der Waals surface area contributed by atoms with E-state index in [-0.39, 0.29) is 0 Å². The van der Waals surface area contributed by atoms with Gasteiger partial charge in [0.15, 0.2) is 0 Å². The normalized spacial score (nSPS) is 10.1. The van der Waals surface area contributed by atoms with Gasteiger partial charge in [0.05, 0.1) is 0 Å². The van der Waals surface area contributed by atoms with Gasteiger partial charge < -0.3 is 14.7 Å². The van der Waals surface area contributed by atoms with E-state index >= 15 is 0 Å². The van der Waals surface area contributed by atoms with E-state index in [0.717, 1.165) is 0 Å². The molecule has 1 atom stereocenters. The molecule has 0 rings (SSSR count). The molecule has 0 aromatic carbocycles. The van der Waals surface area contributed by atoms with E-state index in [4.69, 9.17) is 19.2 Å². The van der Waals surface area contributed by atoms with Crippen molar-refractivity contribution in [3.8, 4) is 0 Å². The Morgan fingerprint density at radius 3 is 1.70 bits per heavy atom. The Hall–Kier alpha value is 0.540. The van der Waals surface area contributed by atoms with Crippen LogP contribution < -0.4 is 0 Å². The molecule has 3 N–H and O–H groups in total. The first-order valence-corrected chi connectivity index (χ1v) is 5.28. The van der Waals surface area contributed by atoms with Gasteiger partial charge in [0.2, 0.25) is 0 Å². The molecular weight excluding hydrogens is 174 g/mol. The molecule has 0 saturated heterocycles. The van der Waals surface area contributed by atoms with Gasteiger partial charge >= 0.3 is 7.82 Å². The van der Waals surface area contributed by atoms with Crippen LogP contribution in [0.5, 0.6) is 0 Å². The summed E-state index contributed by atoms with van der Waals surface area (Å²) in [5.74, 6) is 0. The highest BCUT2D eigenvalue weighted by Crippen LogP contribution is 2.25. The zero-order chi connectivity index (χ0) is 8.62. The Balaban J connectivity index is 0. The number of unbranched alkanes of at least 4 members (excludes halogenated alkanes) is 1. The van der Waals surface area contributed by atoms with Crippen molar-refractivity contribution in [2.24, 2.45) is 0 Å². The topological polar surface area (TPSA) is 77.8 Å². The lowest BCUT2D eigenvalue weighted by Crippen LogP contribution is -1.66. The summed E-state index contributed by atoms with van der Waals surface area (Å²) in [7, 11) is -1.94. The van der Waals surface area contributed by atoms with E-state index in [0.29, 0.717) is 0 Å². The molecule has 4 nitrogen and oxygen atoms in total. The third-order valence-electron chi connectivity index (χ3n) is 0.558. The number of phosphoric acid groups is 1. The molecule has 0 amide bonds. The van der Waals surface area contributed by atoms with E-state index in [1.807, 2.05) is 0 Å². The minimum Gasteiger partial charge on any atom is -0.303 e. The zero-order valence-electron chi connectivity index (χ0n) is 5.90. The lowest BCUT2D eigenvalue weighted by atomic mass is 10.4. The summed E-state index contributed by atoms with van der Waals surface area (Å²) in [4.78, 5) is 21.6. The molecule has 0 radical (unpaired) electrons. The fourth-order valence-electron chi connectivity index (χ4n) is 0.204. The maximum absolute atomic E-state index is 8.88. The number of hydrogen-bond acceptors (Lipinski definition) is 1. The Kier molecular flexibility index (Phi) is 10.1. The van der Waals surface area contributed by atoms with Crippen LogP contribution in [0.2, 0.25) is 0 Å². The van der Waals surface area contributed by atoms with E-state index in [1.165, 1.54) is 19.0 Å². The molecule has 0 aromatic rings. The molecular formula is C4H14O4P2. The van der Waals surface area contributed by atoms with Crippen molar-refractivity contribution < 1.29 is 19.2 Å². The maximum atomic E-state index is 8.88. The second-order valence-electron chi connectivity index (χ2n) is 1.66. The predicted molar refractivity (Wildman–Crippen MR) is 43.7 cm³/mol. The molecule has 0 spiro atoms. The second-order valence-corrected chi connectivity index (χ2v) is 3.26. The molecule has 0 heterocycles. The highest BCUT2D eigenvalue weighted by molar-refractivity contribution is 7.45. The Labute approximate surface area is 63.1 Å². The Morgan fingerprint density at radius 1 is 1.40 bits per heavy atom. The van der Waals surface area contributed by atoms with Gasteiger partial charge in [0.25, 0.3) is 0 Å². The average molecular weight is 188 g/mol. The smallest absolute Gasteiger partial charge is 0.303 e. The number of rotatable bonds is 2. The summed E-state index contributed by atoms with van der Waals surface area (Å²) >= 11 is 0. The zero-order valence-corrected chi connectivity index (χ0v) is 7.94. The Bertz CT molecular complexity index is 89.2. The van der Waals surface area contributed by atoms with Crippen LogP contribution >= 0.6 is 17.1 Å². The highest BCUT2D eigenvalue weighted by atomic mass is 31.2. The summed E-state index contributed by atoms with van der Waals surface area (Å²) in [6.45, 7) is 2.20. The minimum absolute atomic E-state index is 1.26. The molecule has 6 heteroatoms. The van der Waals surface area contributed by atoms with Crippen molar-refractivity contribution in [3.63, 3.8) is 0 Å². The van der Waals surface area contributed by atoms with Crippen molar-refractivity contribution in [1.29, 1.82) is 0 Å². The van der Waals surface area contributed by atoms with E-state index in [2.05, 4.69) is 16.2 Å². The third kappa shape index (κ3) is 75.3. The van der Waals surface area contributed by atoms with E-state index in [9.17, 15) is 0 Å². The SMILES string of the molecule is CCCCP.O=P(O)(O)O. The van der Waals surface area contributed by atoms with Crippen LogP contribution in [0.3, 0.4) is 0 Å². The van der Waals surface area contributed by atoms with Crippen LogP contribution in [0, 0.1) is 0 Å². The molecule has 0 aromatic heterocycles. The van der Waals surface area contributed by atoms with Gasteiger partial charge in [0.1, 0.15) is 0 Å². The molecule has 0 aliphatic rings. The summed E-state index contributed by atoms with van der Waals surface area (Å²) in [6.07, 6.45) is 3.94. The second kappa shape index (κ2) is 7.64. The fourth-order valence-corrected chi connectivity index (χ4v) is 0.612. The molecule has 0 bridgehead atoms. The maximum Gasteiger partial charge on any atom is 0.466 e. The summed E-state index contributed by atoms with van der Waals surface area (Å²) in [5, 5.41) is 0. The summed E-state index contributed by atoms with van der Waals surface area (Å²) in [6, 6.07) is 0. The van der Waals surface area contributed by atoms with Gasteiger partial charge in [0, 0.05) is 0 Å². The van der Waals surface area contributed by atoms with Crippen molar-refractivity contribution in [2.75, 3.05) is 6.16 Å². The largest absolute Gasteiger partial charge is 0.466 e. The molecule has 1 unspecified atom stereocenters. The molecule has 0 saturated carbocycles. The van der Waals surface area contributed by atoms with E-state index < -0.39 is 7.82 Å². The molecule has 10 heavy (non-hydrogen) atoms. The van der Waals surface area contributed by atoms with E-state index in [1.54, 1.807) is 0 Å². The molecule has 64 valence electrons. The van der Waals surface area contributed by atoms with Crippen LogP contribution in [0.4, 0.5) is 0 Å². The van der Waals surface area contributed by atoms with Crippen LogP contribution in [0.25, 0.3) is 0 Å². The first-order valence-electron chi connectivity index (χ1n) is 2.90.